The summed E-state index contributed by atoms with van der Waals surface area (Å²) in [5, 5.41) is 8.86. The van der Waals surface area contributed by atoms with Crippen LogP contribution in [0.25, 0.3) is 10.9 Å². The third kappa shape index (κ3) is 5.33. The first kappa shape index (κ1) is 23.6. The number of carbonyl (C=O) groups excluding carboxylic acids is 1. The standard InChI is InChI=1S/C26H32ClN3O3/c1-18(22-15-21(27)14-19-16-28-29-23(19)22)32-17-26(20-8-6-5-7-9-20)10-12-30(13-11-26)24(31)33-25(2,3)4/h5-9,14-16,18H,10-13,17H2,1-4H3,(H,28,29). The number of likely N-dealkylation sites (tertiary alicyclic amines) is 1. The fourth-order valence-corrected chi connectivity index (χ4v) is 4.73. The SMILES string of the molecule is CC(OCC1(c2ccccc2)CCN(C(=O)OC(C)(C)C)CC1)c1cc(Cl)cc2cn[nH]c12. The van der Waals surface area contributed by atoms with Gasteiger partial charge in [0.15, 0.2) is 0 Å². The average molecular weight is 470 g/mol. The van der Waals surface area contributed by atoms with Crippen LogP contribution in [0.3, 0.4) is 0 Å². The Hall–Kier alpha value is -2.57. The number of piperidine rings is 1. The molecule has 33 heavy (non-hydrogen) atoms. The second kappa shape index (κ2) is 9.35. The van der Waals surface area contributed by atoms with Gasteiger partial charge in [0.25, 0.3) is 0 Å². The van der Waals surface area contributed by atoms with Crippen molar-refractivity contribution in [3.63, 3.8) is 0 Å². The van der Waals surface area contributed by atoms with E-state index in [2.05, 4.69) is 34.5 Å². The third-order valence-electron chi connectivity index (χ3n) is 6.35. The highest BCUT2D eigenvalue weighted by atomic mass is 35.5. The summed E-state index contributed by atoms with van der Waals surface area (Å²) < 4.78 is 12.1. The molecule has 2 heterocycles. The molecular formula is C26H32ClN3O3. The number of hydrogen-bond donors (Lipinski definition) is 1. The van der Waals surface area contributed by atoms with Gasteiger partial charge in [-0.3, -0.25) is 5.10 Å². The molecule has 3 aromatic rings. The molecule has 1 N–H and O–H groups in total. The van der Waals surface area contributed by atoms with Crippen molar-refractivity contribution < 1.29 is 14.3 Å². The Labute approximate surface area is 200 Å². The summed E-state index contributed by atoms with van der Waals surface area (Å²) in [4.78, 5) is 14.4. The minimum atomic E-state index is -0.501. The van der Waals surface area contributed by atoms with Crippen molar-refractivity contribution in [1.82, 2.24) is 15.1 Å². The van der Waals surface area contributed by atoms with Crippen molar-refractivity contribution in [3.05, 3.63) is 64.8 Å². The van der Waals surface area contributed by atoms with E-state index in [1.165, 1.54) is 5.56 Å². The summed E-state index contributed by atoms with van der Waals surface area (Å²) in [7, 11) is 0. The summed E-state index contributed by atoms with van der Waals surface area (Å²) in [6, 6.07) is 14.3. The number of amides is 1. The van der Waals surface area contributed by atoms with Crippen molar-refractivity contribution in [2.75, 3.05) is 19.7 Å². The maximum Gasteiger partial charge on any atom is 0.410 e. The van der Waals surface area contributed by atoms with E-state index < -0.39 is 5.60 Å². The highest BCUT2D eigenvalue weighted by Crippen LogP contribution is 2.38. The lowest BCUT2D eigenvalue weighted by atomic mass is 9.73. The van der Waals surface area contributed by atoms with E-state index in [0.29, 0.717) is 24.7 Å². The molecule has 1 saturated heterocycles. The van der Waals surface area contributed by atoms with Crippen LogP contribution in [-0.4, -0.2) is 46.5 Å². The molecule has 176 valence electrons. The van der Waals surface area contributed by atoms with Gasteiger partial charge in [-0.1, -0.05) is 41.9 Å². The molecule has 1 amide bonds. The van der Waals surface area contributed by atoms with Crippen molar-refractivity contribution in [3.8, 4) is 0 Å². The van der Waals surface area contributed by atoms with Crippen LogP contribution in [0.15, 0.2) is 48.7 Å². The number of carbonyl (C=O) groups is 1. The number of fused-ring (bicyclic) bond motifs is 1. The minimum Gasteiger partial charge on any atom is -0.444 e. The van der Waals surface area contributed by atoms with Gasteiger partial charge in [0.1, 0.15) is 5.60 Å². The summed E-state index contributed by atoms with van der Waals surface area (Å²) in [5.41, 5.74) is 2.49. The maximum absolute atomic E-state index is 12.6. The highest BCUT2D eigenvalue weighted by Gasteiger charge is 2.39. The third-order valence-corrected chi connectivity index (χ3v) is 6.57. The molecule has 1 fully saturated rings. The van der Waals surface area contributed by atoms with Crippen LogP contribution in [0.4, 0.5) is 4.79 Å². The number of benzene rings is 2. The summed E-state index contributed by atoms with van der Waals surface area (Å²) >= 11 is 6.34. The lowest BCUT2D eigenvalue weighted by Crippen LogP contribution is -2.48. The molecule has 1 aromatic heterocycles. The molecule has 1 aliphatic heterocycles. The van der Waals surface area contributed by atoms with E-state index >= 15 is 0 Å². The van der Waals surface area contributed by atoms with E-state index in [1.807, 2.05) is 45.9 Å². The molecule has 0 bridgehead atoms. The van der Waals surface area contributed by atoms with E-state index in [1.54, 1.807) is 11.1 Å². The minimum absolute atomic E-state index is 0.170. The number of rotatable bonds is 5. The smallest absolute Gasteiger partial charge is 0.410 e. The number of nitrogens with one attached hydrogen (secondary N) is 1. The Balaban J connectivity index is 1.52. The number of ether oxygens (including phenoxy) is 2. The van der Waals surface area contributed by atoms with Gasteiger partial charge < -0.3 is 14.4 Å². The van der Waals surface area contributed by atoms with Crippen LogP contribution >= 0.6 is 11.6 Å². The zero-order valence-electron chi connectivity index (χ0n) is 19.7. The molecule has 2 aromatic carbocycles. The van der Waals surface area contributed by atoms with Crippen LogP contribution in [0.2, 0.25) is 5.02 Å². The summed E-state index contributed by atoms with van der Waals surface area (Å²) in [6.45, 7) is 9.52. The fraction of sp³-hybridized carbons (Fsp3) is 0.462. The second-order valence-corrected chi connectivity index (χ2v) is 10.3. The van der Waals surface area contributed by atoms with Crippen molar-refractivity contribution >= 4 is 28.6 Å². The molecule has 0 saturated carbocycles. The number of nitrogens with zero attached hydrogens (tertiary/aromatic N) is 2. The molecule has 4 rings (SSSR count). The Bertz CT molecular complexity index is 1100. The van der Waals surface area contributed by atoms with E-state index in [4.69, 9.17) is 21.1 Å². The Morgan fingerprint density at radius 3 is 2.58 bits per heavy atom. The zero-order valence-corrected chi connectivity index (χ0v) is 20.5. The van der Waals surface area contributed by atoms with Gasteiger partial charge >= 0.3 is 6.09 Å². The number of aromatic amines is 1. The number of halogens is 1. The average Bonchev–Trinajstić information content (AvgIpc) is 3.25. The first-order valence-corrected chi connectivity index (χ1v) is 11.8. The molecule has 0 aliphatic carbocycles. The molecule has 6 nitrogen and oxygen atoms in total. The first-order valence-electron chi connectivity index (χ1n) is 11.4. The van der Waals surface area contributed by atoms with Crippen LogP contribution in [-0.2, 0) is 14.9 Å². The normalized spacial score (nSPS) is 17.2. The molecule has 1 aliphatic rings. The van der Waals surface area contributed by atoms with Gasteiger partial charge in [0.05, 0.1) is 24.4 Å². The molecular weight excluding hydrogens is 438 g/mol. The van der Waals surface area contributed by atoms with Gasteiger partial charge in [-0.25, -0.2) is 4.79 Å². The van der Waals surface area contributed by atoms with Crippen molar-refractivity contribution in [2.45, 2.75) is 57.7 Å². The molecule has 7 heteroatoms. The molecule has 0 radical (unpaired) electrons. The maximum atomic E-state index is 12.6. The van der Waals surface area contributed by atoms with E-state index in [9.17, 15) is 4.79 Å². The fourth-order valence-electron chi connectivity index (χ4n) is 4.49. The molecule has 0 spiro atoms. The Morgan fingerprint density at radius 2 is 1.91 bits per heavy atom. The Morgan fingerprint density at radius 1 is 1.21 bits per heavy atom. The predicted molar refractivity (Wildman–Crippen MR) is 131 cm³/mol. The van der Waals surface area contributed by atoms with Gasteiger partial charge in [-0.15, -0.1) is 0 Å². The highest BCUT2D eigenvalue weighted by molar-refractivity contribution is 6.31. The molecule has 1 unspecified atom stereocenters. The van der Waals surface area contributed by atoms with Gasteiger partial charge in [-0.05, 0) is 58.2 Å². The zero-order chi connectivity index (χ0) is 23.6. The second-order valence-electron chi connectivity index (χ2n) is 9.90. The lowest BCUT2D eigenvalue weighted by Gasteiger charge is -2.42. The van der Waals surface area contributed by atoms with Crippen molar-refractivity contribution in [1.29, 1.82) is 0 Å². The predicted octanol–water partition coefficient (Wildman–Crippen LogP) is 6.26. The molecule has 1 atom stereocenters. The van der Waals surface area contributed by atoms with Crippen molar-refractivity contribution in [2.24, 2.45) is 0 Å². The number of hydrogen-bond acceptors (Lipinski definition) is 4. The van der Waals surface area contributed by atoms with Gasteiger partial charge in [0, 0.05) is 34.5 Å². The number of aromatic nitrogens is 2. The lowest BCUT2D eigenvalue weighted by molar-refractivity contribution is -0.00932. The van der Waals surface area contributed by atoms with Crippen LogP contribution in [0.5, 0.6) is 0 Å². The topological polar surface area (TPSA) is 67.4 Å². The van der Waals surface area contributed by atoms with Gasteiger partial charge in [-0.2, -0.15) is 5.10 Å². The van der Waals surface area contributed by atoms with Gasteiger partial charge in [0.2, 0.25) is 0 Å². The quantitative estimate of drug-likeness (QED) is 0.478. The van der Waals surface area contributed by atoms with E-state index in [0.717, 1.165) is 29.3 Å². The Kier molecular flexibility index (Phi) is 6.68. The first-order chi connectivity index (χ1) is 15.7. The summed E-state index contributed by atoms with van der Waals surface area (Å²) in [6.07, 6.45) is 2.96. The van der Waals surface area contributed by atoms with Crippen LogP contribution in [0, 0.1) is 0 Å². The summed E-state index contributed by atoms with van der Waals surface area (Å²) in [5.74, 6) is 0. The van der Waals surface area contributed by atoms with Crippen LogP contribution < -0.4 is 0 Å². The monoisotopic (exact) mass is 469 g/mol. The van der Waals surface area contributed by atoms with Crippen LogP contribution in [0.1, 0.15) is 57.8 Å². The largest absolute Gasteiger partial charge is 0.444 e. The van der Waals surface area contributed by atoms with E-state index in [-0.39, 0.29) is 17.6 Å². The number of H-pyrrole nitrogens is 1.